The van der Waals surface area contributed by atoms with Crippen molar-refractivity contribution in [1.82, 2.24) is 0 Å². The second-order valence-corrected chi connectivity index (χ2v) is 12.8. The lowest BCUT2D eigenvalue weighted by Gasteiger charge is -2.26. The van der Waals surface area contributed by atoms with Crippen LogP contribution < -0.4 is 19.1 Å². The van der Waals surface area contributed by atoms with Crippen LogP contribution in [0.2, 0.25) is 0 Å². The van der Waals surface area contributed by atoms with Crippen molar-refractivity contribution in [3.63, 3.8) is 0 Å². The minimum absolute atomic E-state index is 0.00870. The number of sulfonamides is 2. The first kappa shape index (κ1) is 29.6. The average Bonchev–Trinajstić information content (AvgIpc) is 2.94. The number of amides is 1. The fourth-order valence-corrected chi connectivity index (χ4v) is 6.72. The maximum absolute atomic E-state index is 13.6. The molecule has 0 bridgehead atoms. The van der Waals surface area contributed by atoms with E-state index in [4.69, 9.17) is 4.74 Å². The molecule has 11 heteroatoms. The molecule has 0 aliphatic rings. The third kappa shape index (κ3) is 7.05. The smallest absolute Gasteiger partial charge is 0.264 e. The molecule has 9 nitrogen and oxygen atoms in total. The van der Waals surface area contributed by atoms with Gasteiger partial charge in [0, 0.05) is 5.69 Å². The van der Waals surface area contributed by atoms with Gasteiger partial charge in [-0.3, -0.25) is 13.8 Å². The molecule has 4 rings (SSSR count). The maximum Gasteiger partial charge on any atom is 0.264 e. The summed E-state index contributed by atoms with van der Waals surface area (Å²) in [6.07, 6.45) is 0. The highest BCUT2D eigenvalue weighted by Gasteiger charge is 2.29. The molecule has 0 fully saturated rings. The predicted molar refractivity (Wildman–Crippen MR) is 160 cm³/mol. The number of hydrogen-bond donors (Lipinski definition) is 2. The van der Waals surface area contributed by atoms with Gasteiger partial charge in [-0.25, -0.2) is 16.8 Å². The van der Waals surface area contributed by atoms with Crippen LogP contribution in [0.3, 0.4) is 0 Å². The number of hydrogen-bond acceptors (Lipinski definition) is 6. The molecule has 41 heavy (non-hydrogen) atoms. The summed E-state index contributed by atoms with van der Waals surface area (Å²) in [7, 11) is -8.01. The first-order chi connectivity index (χ1) is 19.5. The highest BCUT2D eigenvalue weighted by atomic mass is 32.2. The van der Waals surface area contributed by atoms with Crippen molar-refractivity contribution in [3.05, 3.63) is 108 Å². The Kier molecular flexibility index (Phi) is 8.99. The third-order valence-electron chi connectivity index (χ3n) is 6.13. The van der Waals surface area contributed by atoms with Gasteiger partial charge in [0.25, 0.3) is 20.0 Å². The molecule has 0 heterocycles. The summed E-state index contributed by atoms with van der Waals surface area (Å²) in [4.78, 5) is 13.2. The molecule has 4 aromatic rings. The summed E-state index contributed by atoms with van der Waals surface area (Å²) in [5, 5.41) is 2.66. The van der Waals surface area contributed by atoms with Crippen LogP contribution in [0.5, 0.6) is 5.75 Å². The number of nitrogens with zero attached hydrogens (tertiary/aromatic N) is 1. The molecule has 0 radical (unpaired) electrons. The van der Waals surface area contributed by atoms with Crippen LogP contribution in [0.1, 0.15) is 18.1 Å². The van der Waals surface area contributed by atoms with Gasteiger partial charge in [0.15, 0.2) is 0 Å². The zero-order valence-corrected chi connectivity index (χ0v) is 24.5. The van der Waals surface area contributed by atoms with Crippen molar-refractivity contribution < 1.29 is 26.4 Å². The first-order valence-corrected chi connectivity index (χ1v) is 15.7. The Bertz CT molecular complexity index is 1740. The summed E-state index contributed by atoms with van der Waals surface area (Å²) in [5.74, 6) is -0.312. The Morgan fingerprint density at radius 2 is 1.46 bits per heavy atom. The highest BCUT2D eigenvalue weighted by molar-refractivity contribution is 7.93. The third-order valence-corrected chi connectivity index (χ3v) is 9.28. The molecule has 0 unspecified atom stereocenters. The molecule has 0 saturated carbocycles. The van der Waals surface area contributed by atoms with Crippen LogP contribution in [0.25, 0.3) is 0 Å². The van der Waals surface area contributed by atoms with Gasteiger partial charge in [-0.2, -0.15) is 0 Å². The van der Waals surface area contributed by atoms with E-state index >= 15 is 0 Å². The molecule has 214 valence electrons. The molecular formula is C30H31N3O6S2. The van der Waals surface area contributed by atoms with Crippen LogP contribution in [-0.2, 0) is 24.8 Å². The Hall–Kier alpha value is -4.35. The molecule has 2 N–H and O–H groups in total. The van der Waals surface area contributed by atoms with E-state index < -0.39 is 32.5 Å². The summed E-state index contributed by atoms with van der Waals surface area (Å²) < 4.78 is 62.4. The Morgan fingerprint density at radius 3 is 2.12 bits per heavy atom. The van der Waals surface area contributed by atoms with E-state index in [1.54, 1.807) is 55.5 Å². The van der Waals surface area contributed by atoms with Gasteiger partial charge in [-0.15, -0.1) is 0 Å². The molecule has 0 spiro atoms. The van der Waals surface area contributed by atoms with Gasteiger partial charge >= 0.3 is 0 Å². The first-order valence-electron chi connectivity index (χ1n) is 12.8. The second kappa shape index (κ2) is 12.4. The number of rotatable bonds is 11. The predicted octanol–water partition coefficient (Wildman–Crippen LogP) is 5.34. The van der Waals surface area contributed by atoms with E-state index in [9.17, 15) is 21.6 Å². The molecule has 1 amide bonds. The number of ether oxygens (including phenoxy) is 1. The number of para-hydroxylation sites is 2. The summed E-state index contributed by atoms with van der Waals surface area (Å²) in [6, 6.07) is 25.4. The van der Waals surface area contributed by atoms with E-state index in [1.165, 1.54) is 36.4 Å². The Morgan fingerprint density at radius 1 is 0.805 bits per heavy atom. The summed E-state index contributed by atoms with van der Waals surface area (Å²) in [5.41, 5.74) is 2.79. The molecular weight excluding hydrogens is 562 g/mol. The van der Waals surface area contributed by atoms with Crippen molar-refractivity contribution in [2.24, 2.45) is 0 Å². The SMILES string of the molecule is CCOc1ccccc1N(CC(=O)Nc1ccc(S(=O)(=O)Nc2ccc(C)cc2C)cc1)S(=O)(=O)c1ccccc1. The van der Waals surface area contributed by atoms with E-state index in [-0.39, 0.29) is 15.5 Å². The zero-order valence-electron chi connectivity index (χ0n) is 22.9. The fourth-order valence-electron chi connectivity index (χ4n) is 4.14. The van der Waals surface area contributed by atoms with Crippen molar-refractivity contribution in [3.8, 4) is 5.75 Å². The lowest BCUT2D eigenvalue weighted by atomic mass is 10.1. The van der Waals surface area contributed by atoms with Gasteiger partial charge in [-0.05, 0) is 80.9 Å². The van der Waals surface area contributed by atoms with Gasteiger partial charge in [0.2, 0.25) is 5.91 Å². The maximum atomic E-state index is 13.6. The quantitative estimate of drug-likeness (QED) is 0.242. The molecule has 4 aromatic carbocycles. The number of benzene rings is 4. The average molecular weight is 594 g/mol. The minimum Gasteiger partial charge on any atom is -0.492 e. The van der Waals surface area contributed by atoms with Crippen molar-refractivity contribution in [2.75, 3.05) is 27.5 Å². The monoisotopic (exact) mass is 593 g/mol. The normalized spacial score (nSPS) is 11.5. The van der Waals surface area contributed by atoms with Gasteiger partial charge < -0.3 is 10.1 Å². The second-order valence-electron chi connectivity index (χ2n) is 9.22. The minimum atomic E-state index is -4.14. The van der Waals surface area contributed by atoms with E-state index in [0.717, 1.165) is 15.4 Å². The standard InChI is InChI=1S/C30H31N3O6S2/c1-4-39-29-13-9-8-12-28(29)33(41(37,38)26-10-6-5-7-11-26)21-30(34)31-24-15-17-25(18-16-24)40(35,36)32-27-19-14-22(2)20-23(27)3/h5-20,32H,4,21H2,1-3H3,(H,31,34). The van der Waals surface area contributed by atoms with E-state index in [1.807, 2.05) is 26.0 Å². The van der Waals surface area contributed by atoms with Gasteiger partial charge in [0.05, 0.1) is 27.8 Å². The molecule has 0 aliphatic carbocycles. The van der Waals surface area contributed by atoms with Crippen molar-refractivity contribution >= 4 is 43.0 Å². The molecule has 0 aliphatic heterocycles. The van der Waals surface area contributed by atoms with E-state index in [2.05, 4.69) is 10.0 Å². The van der Waals surface area contributed by atoms with Crippen LogP contribution in [-0.4, -0.2) is 35.9 Å². The lowest BCUT2D eigenvalue weighted by molar-refractivity contribution is -0.114. The molecule has 0 atom stereocenters. The highest BCUT2D eigenvalue weighted by Crippen LogP contribution is 2.32. The summed E-state index contributed by atoms with van der Waals surface area (Å²) >= 11 is 0. The fraction of sp³-hybridized carbons (Fsp3) is 0.167. The number of carbonyl (C=O) groups is 1. The van der Waals surface area contributed by atoms with Crippen molar-refractivity contribution in [1.29, 1.82) is 0 Å². The number of carbonyl (C=O) groups excluding carboxylic acids is 1. The van der Waals surface area contributed by atoms with Crippen LogP contribution >= 0.6 is 0 Å². The number of nitrogens with one attached hydrogen (secondary N) is 2. The topological polar surface area (TPSA) is 122 Å². The van der Waals surface area contributed by atoms with E-state index in [0.29, 0.717) is 23.7 Å². The Labute approximate surface area is 240 Å². The number of anilines is 3. The zero-order chi connectivity index (χ0) is 29.6. The largest absolute Gasteiger partial charge is 0.492 e. The van der Waals surface area contributed by atoms with Crippen LogP contribution in [0, 0.1) is 13.8 Å². The van der Waals surface area contributed by atoms with Crippen molar-refractivity contribution in [2.45, 2.75) is 30.6 Å². The van der Waals surface area contributed by atoms with Crippen LogP contribution in [0.4, 0.5) is 17.1 Å². The lowest BCUT2D eigenvalue weighted by Crippen LogP contribution is -2.38. The molecule has 0 aromatic heterocycles. The Balaban J connectivity index is 1.56. The molecule has 0 saturated heterocycles. The van der Waals surface area contributed by atoms with Gasteiger partial charge in [0.1, 0.15) is 12.3 Å². The summed E-state index contributed by atoms with van der Waals surface area (Å²) in [6.45, 7) is 5.27. The number of aryl methyl sites for hydroxylation is 2. The van der Waals surface area contributed by atoms with Gasteiger partial charge in [-0.1, -0.05) is 48.0 Å². The van der Waals surface area contributed by atoms with Crippen LogP contribution in [0.15, 0.2) is 107 Å².